The zero-order valence-electron chi connectivity index (χ0n) is 18.5. The monoisotopic (exact) mass is 497 g/mol. The second-order valence-electron chi connectivity index (χ2n) is 7.24. The highest BCUT2D eigenvalue weighted by Gasteiger charge is 2.27. The highest BCUT2D eigenvalue weighted by atomic mass is 32.2. The number of hydrogen-bond donors (Lipinski definition) is 2. The van der Waals surface area contributed by atoms with Gasteiger partial charge in [0.1, 0.15) is 6.54 Å². The van der Waals surface area contributed by atoms with Gasteiger partial charge in [0.15, 0.2) is 0 Å². The molecule has 3 aromatic carbocycles. The number of aryl methyl sites for hydroxylation is 1. The van der Waals surface area contributed by atoms with Crippen LogP contribution in [-0.2, 0) is 14.8 Å². The van der Waals surface area contributed by atoms with E-state index in [2.05, 4.69) is 10.5 Å². The zero-order valence-corrected chi connectivity index (χ0v) is 20.1. The minimum Gasteiger partial charge on any atom is -0.478 e. The number of carboxylic acids is 1. The van der Waals surface area contributed by atoms with E-state index in [0.29, 0.717) is 11.3 Å². The van der Waals surface area contributed by atoms with Crippen molar-refractivity contribution >= 4 is 45.6 Å². The second kappa shape index (κ2) is 11.0. The summed E-state index contributed by atoms with van der Waals surface area (Å²) in [6.45, 7) is 1.40. The predicted molar refractivity (Wildman–Crippen MR) is 133 cm³/mol. The Labute approximate surface area is 202 Å². The van der Waals surface area contributed by atoms with Crippen LogP contribution in [0.25, 0.3) is 0 Å². The summed E-state index contributed by atoms with van der Waals surface area (Å²) >= 11 is 1.50. The van der Waals surface area contributed by atoms with E-state index in [4.69, 9.17) is 5.11 Å². The van der Waals surface area contributed by atoms with Crippen LogP contribution < -0.4 is 9.73 Å². The third-order valence-corrected chi connectivity index (χ3v) is 7.35. The molecular weight excluding hydrogens is 474 g/mol. The number of rotatable bonds is 9. The van der Waals surface area contributed by atoms with E-state index < -0.39 is 28.4 Å². The summed E-state index contributed by atoms with van der Waals surface area (Å²) in [5.74, 6) is -1.68. The van der Waals surface area contributed by atoms with Gasteiger partial charge in [-0.25, -0.2) is 18.6 Å². The van der Waals surface area contributed by atoms with Crippen molar-refractivity contribution in [2.24, 2.45) is 5.10 Å². The summed E-state index contributed by atoms with van der Waals surface area (Å²) in [5, 5.41) is 12.8. The Bertz CT molecular complexity index is 1290. The number of benzene rings is 3. The predicted octanol–water partition coefficient (Wildman–Crippen LogP) is 3.76. The maximum Gasteiger partial charge on any atom is 0.335 e. The normalized spacial score (nSPS) is 11.4. The third-order valence-electron chi connectivity index (χ3n) is 4.82. The van der Waals surface area contributed by atoms with Crippen LogP contribution in [0.2, 0.25) is 0 Å². The van der Waals surface area contributed by atoms with Crippen molar-refractivity contribution in [2.75, 3.05) is 17.1 Å². The topological polar surface area (TPSA) is 116 Å². The average Bonchev–Trinajstić information content (AvgIpc) is 2.83. The van der Waals surface area contributed by atoms with E-state index in [-0.39, 0.29) is 10.5 Å². The van der Waals surface area contributed by atoms with Crippen molar-refractivity contribution in [2.45, 2.75) is 16.7 Å². The van der Waals surface area contributed by atoms with Crippen molar-refractivity contribution in [1.82, 2.24) is 5.43 Å². The number of thioether (sulfide) groups is 1. The molecule has 34 heavy (non-hydrogen) atoms. The van der Waals surface area contributed by atoms with Gasteiger partial charge in [0.05, 0.1) is 22.4 Å². The van der Waals surface area contributed by atoms with Crippen LogP contribution in [0.1, 0.15) is 21.5 Å². The van der Waals surface area contributed by atoms with Gasteiger partial charge in [0, 0.05) is 4.90 Å². The van der Waals surface area contributed by atoms with Crippen LogP contribution in [-0.4, -0.2) is 44.4 Å². The minimum absolute atomic E-state index is 0.0701. The van der Waals surface area contributed by atoms with Gasteiger partial charge in [0.2, 0.25) is 0 Å². The summed E-state index contributed by atoms with van der Waals surface area (Å²) in [5.41, 5.74) is 4.33. The van der Waals surface area contributed by atoms with E-state index in [1.807, 2.05) is 13.2 Å². The maximum atomic E-state index is 13.4. The lowest BCUT2D eigenvalue weighted by Gasteiger charge is -2.24. The fraction of sp³-hybridized carbons (Fsp3) is 0.125. The number of carboxylic acid groups (broad SMARTS) is 1. The Kier molecular flexibility index (Phi) is 8.08. The number of anilines is 1. The molecule has 0 saturated heterocycles. The molecule has 0 unspecified atom stereocenters. The summed E-state index contributed by atoms with van der Waals surface area (Å²) in [6.07, 6.45) is 3.24. The molecule has 0 fully saturated rings. The summed E-state index contributed by atoms with van der Waals surface area (Å²) in [4.78, 5) is 24.5. The molecule has 0 aliphatic carbocycles. The lowest BCUT2D eigenvalue weighted by atomic mass is 10.1. The van der Waals surface area contributed by atoms with Crippen molar-refractivity contribution < 1.29 is 23.1 Å². The van der Waals surface area contributed by atoms with E-state index in [1.54, 1.807) is 48.5 Å². The molecule has 3 rings (SSSR count). The molecule has 0 bridgehead atoms. The molecule has 0 atom stereocenters. The molecule has 0 radical (unpaired) electrons. The van der Waals surface area contributed by atoms with E-state index >= 15 is 0 Å². The van der Waals surface area contributed by atoms with Crippen LogP contribution in [0, 0.1) is 6.92 Å². The van der Waals surface area contributed by atoms with Crippen molar-refractivity contribution in [3.8, 4) is 0 Å². The molecule has 1 amide bonds. The van der Waals surface area contributed by atoms with Crippen LogP contribution in [0.4, 0.5) is 5.69 Å². The van der Waals surface area contributed by atoms with Crippen molar-refractivity contribution in [1.29, 1.82) is 0 Å². The van der Waals surface area contributed by atoms with E-state index in [1.165, 1.54) is 42.2 Å². The second-order valence-corrected chi connectivity index (χ2v) is 9.99. The molecular formula is C24H23N3O5S2. The first-order valence-electron chi connectivity index (χ1n) is 10.1. The van der Waals surface area contributed by atoms with E-state index in [0.717, 1.165) is 14.8 Å². The number of sulfonamides is 1. The maximum absolute atomic E-state index is 13.4. The average molecular weight is 498 g/mol. The Morgan fingerprint density at radius 1 is 1.00 bits per heavy atom. The lowest BCUT2D eigenvalue weighted by molar-refractivity contribution is -0.119. The standard InChI is InChI=1S/C24H23N3O5S2/c1-17-3-9-20(10-4-17)27(34(31,32)22-13-11-21(33-2)12-14-22)16-23(28)26-25-15-18-5-7-19(8-6-18)24(29)30/h3-15H,16H2,1-2H3,(H,26,28)(H,29,30)/b25-15-. The number of aromatic carboxylic acids is 1. The van der Waals surface area contributed by atoms with Gasteiger partial charge in [-0.3, -0.25) is 9.10 Å². The molecule has 10 heteroatoms. The molecule has 176 valence electrons. The fourth-order valence-electron chi connectivity index (χ4n) is 2.96. The molecule has 0 spiro atoms. The summed E-state index contributed by atoms with van der Waals surface area (Å²) in [7, 11) is -4.02. The third kappa shape index (κ3) is 6.24. The number of carbonyl (C=O) groups is 2. The van der Waals surface area contributed by atoms with Crippen LogP contribution in [0.5, 0.6) is 0 Å². The quantitative estimate of drug-likeness (QED) is 0.264. The van der Waals surface area contributed by atoms with Gasteiger partial charge in [-0.15, -0.1) is 11.8 Å². The number of amides is 1. The Balaban J connectivity index is 1.80. The zero-order chi connectivity index (χ0) is 24.7. The molecule has 2 N–H and O–H groups in total. The summed E-state index contributed by atoms with van der Waals surface area (Å²) in [6, 6.07) is 19.2. The molecule has 3 aromatic rings. The molecule has 0 saturated carbocycles. The van der Waals surface area contributed by atoms with Gasteiger partial charge < -0.3 is 5.11 Å². The largest absolute Gasteiger partial charge is 0.478 e. The first-order chi connectivity index (χ1) is 16.2. The Morgan fingerprint density at radius 2 is 1.62 bits per heavy atom. The number of nitrogens with zero attached hydrogens (tertiary/aromatic N) is 2. The number of hydrogen-bond acceptors (Lipinski definition) is 6. The molecule has 0 aliphatic rings. The first-order valence-corrected chi connectivity index (χ1v) is 12.8. The molecule has 0 aromatic heterocycles. The molecule has 0 aliphatic heterocycles. The first kappa shape index (κ1) is 25.0. The van der Waals surface area contributed by atoms with Gasteiger partial charge in [-0.05, 0) is 67.3 Å². The van der Waals surface area contributed by atoms with Gasteiger partial charge in [0.25, 0.3) is 15.9 Å². The van der Waals surface area contributed by atoms with Crippen LogP contribution in [0.3, 0.4) is 0 Å². The van der Waals surface area contributed by atoms with E-state index in [9.17, 15) is 18.0 Å². The van der Waals surface area contributed by atoms with Crippen molar-refractivity contribution in [3.63, 3.8) is 0 Å². The number of carbonyl (C=O) groups excluding carboxylic acids is 1. The Morgan fingerprint density at radius 3 is 2.18 bits per heavy atom. The fourth-order valence-corrected chi connectivity index (χ4v) is 4.79. The highest BCUT2D eigenvalue weighted by molar-refractivity contribution is 7.98. The number of nitrogens with one attached hydrogen (secondary N) is 1. The smallest absolute Gasteiger partial charge is 0.335 e. The van der Waals surface area contributed by atoms with Gasteiger partial charge in [-0.1, -0.05) is 29.8 Å². The molecule has 8 nitrogen and oxygen atoms in total. The number of hydrazone groups is 1. The Hall–Kier alpha value is -3.63. The highest BCUT2D eigenvalue weighted by Crippen LogP contribution is 2.25. The summed E-state index contributed by atoms with van der Waals surface area (Å²) < 4.78 is 27.8. The lowest BCUT2D eigenvalue weighted by Crippen LogP contribution is -2.39. The van der Waals surface area contributed by atoms with Gasteiger partial charge >= 0.3 is 5.97 Å². The minimum atomic E-state index is -4.02. The molecule has 0 heterocycles. The SMILES string of the molecule is CSc1ccc(S(=O)(=O)N(CC(=O)N/N=C\c2ccc(C(=O)O)cc2)c2ccc(C)cc2)cc1. The van der Waals surface area contributed by atoms with Crippen LogP contribution in [0.15, 0.2) is 87.7 Å². The van der Waals surface area contributed by atoms with Crippen molar-refractivity contribution in [3.05, 3.63) is 89.5 Å². The van der Waals surface area contributed by atoms with Gasteiger partial charge in [-0.2, -0.15) is 5.10 Å². The van der Waals surface area contributed by atoms with Crippen LogP contribution >= 0.6 is 11.8 Å².